The van der Waals surface area contributed by atoms with Crippen molar-refractivity contribution in [1.29, 1.82) is 0 Å². The van der Waals surface area contributed by atoms with Gasteiger partial charge >= 0.3 is 6.18 Å². The fraction of sp³-hybridized carbons (Fsp3) is 0.875. The van der Waals surface area contributed by atoms with Gasteiger partial charge in [0.05, 0.1) is 6.04 Å². The predicted octanol–water partition coefficient (Wildman–Crippen LogP) is 2.78. The summed E-state index contributed by atoms with van der Waals surface area (Å²) in [7, 11) is 0. The van der Waals surface area contributed by atoms with Gasteiger partial charge in [-0.05, 0) is 13.8 Å². The highest BCUT2D eigenvalue weighted by Gasteiger charge is 2.38. The van der Waals surface area contributed by atoms with Gasteiger partial charge in [0, 0.05) is 10.6 Å². The molecule has 1 heterocycles. The third kappa shape index (κ3) is 3.55. The van der Waals surface area contributed by atoms with E-state index >= 15 is 0 Å². The van der Waals surface area contributed by atoms with E-state index in [1.54, 1.807) is 0 Å². The summed E-state index contributed by atoms with van der Waals surface area (Å²) in [5.41, 5.74) is 0. The molecule has 88 valence electrons. The molecule has 3 unspecified atom stereocenters. The fourth-order valence-electron chi connectivity index (χ4n) is 1.04. The Labute approximate surface area is 99.2 Å². The summed E-state index contributed by atoms with van der Waals surface area (Å²) in [6.07, 6.45) is -4.22. The predicted molar refractivity (Wildman–Crippen MR) is 60.7 cm³/mol. The molecule has 3 atom stereocenters. The smallest absolute Gasteiger partial charge is 0.354 e. The van der Waals surface area contributed by atoms with Crippen molar-refractivity contribution in [3.05, 3.63) is 0 Å². The normalized spacial score (nSPS) is 28.8. The van der Waals surface area contributed by atoms with E-state index in [0.29, 0.717) is 5.17 Å². The molecule has 0 aromatic rings. The molecule has 0 radical (unpaired) electrons. The van der Waals surface area contributed by atoms with E-state index in [2.05, 4.69) is 26.2 Å². The summed E-state index contributed by atoms with van der Waals surface area (Å²) < 4.78 is 36.7. The van der Waals surface area contributed by atoms with Gasteiger partial charge in [0.2, 0.25) is 0 Å². The minimum atomic E-state index is -4.22. The molecule has 0 amide bonds. The molecule has 0 aromatic carbocycles. The van der Waals surface area contributed by atoms with Crippen molar-refractivity contribution in [2.24, 2.45) is 4.99 Å². The zero-order valence-electron chi connectivity index (χ0n) is 8.31. The lowest BCUT2D eigenvalue weighted by molar-refractivity contribution is -0.147. The number of aliphatic imine (C=N–C) groups is 1. The molecule has 7 heteroatoms. The lowest BCUT2D eigenvalue weighted by Crippen LogP contribution is -2.41. The highest BCUT2D eigenvalue weighted by atomic mass is 79.9. The van der Waals surface area contributed by atoms with Crippen LogP contribution in [0.15, 0.2) is 4.99 Å². The Hall–Kier alpha value is 0.0900. The van der Waals surface area contributed by atoms with Crippen LogP contribution in [0.2, 0.25) is 0 Å². The maximum Gasteiger partial charge on any atom is 0.408 e. The summed E-state index contributed by atoms with van der Waals surface area (Å²) in [5.74, 6) is 0. The first-order chi connectivity index (χ1) is 6.84. The molecule has 0 saturated heterocycles. The fourth-order valence-corrected chi connectivity index (χ4v) is 3.06. The van der Waals surface area contributed by atoms with E-state index in [1.165, 1.54) is 11.8 Å². The minimum absolute atomic E-state index is 0.0531. The van der Waals surface area contributed by atoms with Crippen LogP contribution in [0.25, 0.3) is 0 Å². The molecule has 1 aliphatic heterocycles. The van der Waals surface area contributed by atoms with E-state index in [-0.39, 0.29) is 11.3 Å². The van der Waals surface area contributed by atoms with Gasteiger partial charge in [-0.2, -0.15) is 13.2 Å². The van der Waals surface area contributed by atoms with Crippen LogP contribution in [0.3, 0.4) is 0 Å². The van der Waals surface area contributed by atoms with Crippen LogP contribution >= 0.6 is 27.7 Å². The molecule has 0 spiro atoms. The molecule has 0 aromatic heterocycles. The van der Waals surface area contributed by atoms with Crippen LogP contribution < -0.4 is 5.32 Å². The van der Waals surface area contributed by atoms with Crippen molar-refractivity contribution in [3.63, 3.8) is 0 Å². The summed E-state index contributed by atoms with van der Waals surface area (Å²) in [4.78, 5) is 4.13. The van der Waals surface area contributed by atoms with E-state index in [4.69, 9.17) is 0 Å². The molecular formula is C8H12BrF3N2S. The SMILES string of the molecule is CC1N=C(NC(C)C(F)(F)F)SC1CBr. The average Bonchev–Trinajstić information content (AvgIpc) is 2.44. The zero-order valence-corrected chi connectivity index (χ0v) is 10.7. The van der Waals surface area contributed by atoms with Crippen LogP contribution in [0.1, 0.15) is 13.8 Å². The van der Waals surface area contributed by atoms with Crippen LogP contribution in [0.4, 0.5) is 13.2 Å². The number of hydrogen-bond donors (Lipinski definition) is 1. The van der Waals surface area contributed by atoms with Crippen molar-refractivity contribution in [1.82, 2.24) is 5.32 Å². The molecule has 0 saturated carbocycles. The Morgan fingerprint density at radius 2 is 2.20 bits per heavy atom. The zero-order chi connectivity index (χ0) is 11.6. The Morgan fingerprint density at radius 3 is 2.60 bits per heavy atom. The van der Waals surface area contributed by atoms with Gasteiger partial charge in [0.15, 0.2) is 5.17 Å². The lowest BCUT2D eigenvalue weighted by Gasteiger charge is -2.17. The highest BCUT2D eigenvalue weighted by molar-refractivity contribution is 9.09. The molecule has 2 nitrogen and oxygen atoms in total. The molecule has 15 heavy (non-hydrogen) atoms. The topological polar surface area (TPSA) is 24.4 Å². The number of alkyl halides is 4. The quantitative estimate of drug-likeness (QED) is 0.793. The van der Waals surface area contributed by atoms with E-state index < -0.39 is 12.2 Å². The Kier molecular flexibility index (Phi) is 4.34. The number of thioether (sulfide) groups is 1. The van der Waals surface area contributed by atoms with Gasteiger partial charge < -0.3 is 5.32 Å². The highest BCUT2D eigenvalue weighted by Crippen LogP contribution is 2.28. The average molecular weight is 305 g/mol. The standard InChI is InChI=1S/C8H12BrF3N2S/c1-4-6(3-9)15-7(13-4)14-5(2)8(10,11)12/h4-6H,3H2,1-2H3,(H,13,14). The van der Waals surface area contributed by atoms with Gasteiger partial charge in [-0.15, -0.1) is 0 Å². The van der Waals surface area contributed by atoms with Crippen molar-refractivity contribution in [3.8, 4) is 0 Å². The number of nitrogens with zero attached hydrogens (tertiary/aromatic N) is 1. The van der Waals surface area contributed by atoms with E-state index in [1.807, 2.05) is 6.92 Å². The largest absolute Gasteiger partial charge is 0.408 e. The molecular weight excluding hydrogens is 293 g/mol. The summed E-state index contributed by atoms with van der Waals surface area (Å²) >= 11 is 4.66. The number of amidine groups is 1. The van der Waals surface area contributed by atoms with Crippen LogP contribution in [-0.4, -0.2) is 34.0 Å². The third-order valence-corrected chi connectivity index (χ3v) is 4.54. The second kappa shape index (κ2) is 4.95. The second-order valence-corrected chi connectivity index (χ2v) is 5.27. The molecule has 1 aliphatic rings. The molecule has 0 aliphatic carbocycles. The van der Waals surface area contributed by atoms with Crippen LogP contribution in [0.5, 0.6) is 0 Å². The number of rotatable bonds is 2. The van der Waals surface area contributed by atoms with Gasteiger partial charge in [0.25, 0.3) is 0 Å². The number of nitrogens with one attached hydrogen (secondary N) is 1. The first-order valence-electron chi connectivity index (χ1n) is 4.48. The third-order valence-electron chi connectivity index (χ3n) is 2.10. The van der Waals surface area contributed by atoms with E-state index in [9.17, 15) is 13.2 Å². The van der Waals surface area contributed by atoms with Crippen molar-refractivity contribution in [2.75, 3.05) is 5.33 Å². The first kappa shape index (κ1) is 13.2. The molecule has 1 rings (SSSR count). The summed E-state index contributed by atoms with van der Waals surface area (Å²) in [6, 6.07) is -1.50. The maximum atomic E-state index is 12.2. The van der Waals surface area contributed by atoms with Gasteiger partial charge in [-0.1, -0.05) is 27.7 Å². The maximum absolute atomic E-state index is 12.2. The Morgan fingerprint density at radius 1 is 1.60 bits per heavy atom. The minimum Gasteiger partial charge on any atom is -0.354 e. The van der Waals surface area contributed by atoms with E-state index in [0.717, 1.165) is 12.3 Å². The first-order valence-corrected chi connectivity index (χ1v) is 6.48. The molecule has 0 fully saturated rings. The summed E-state index contributed by atoms with van der Waals surface area (Å²) in [5, 5.41) is 3.71. The van der Waals surface area contributed by atoms with Crippen molar-refractivity contribution >= 4 is 32.9 Å². The summed E-state index contributed by atoms with van der Waals surface area (Å²) in [6.45, 7) is 2.99. The number of halogens is 4. The van der Waals surface area contributed by atoms with Gasteiger partial charge in [0.1, 0.15) is 6.04 Å². The second-order valence-electron chi connectivity index (χ2n) is 3.39. The van der Waals surface area contributed by atoms with Crippen molar-refractivity contribution < 1.29 is 13.2 Å². The Bertz CT molecular complexity index is 257. The Balaban J connectivity index is 2.51. The van der Waals surface area contributed by atoms with Gasteiger partial charge in [-0.25, -0.2) is 0 Å². The monoisotopic (exact) mass is 304 g/mol. The van der Waals surface area contributed by atoms with Crippen LogP contribution in [0, 0.1) is 0 Å². The van der Waals surface area contributed by atoms with Crippen molar-refractivity contribution in [2.45, 2.75) is 37.4 Å². The van der Waals surface area contributed by atoms with Gasteiger partial charge in [-0.3, -0.25) is 4.99 Å². The molecule has 0 bridgehead atoms. The number of hydrogen-bond acceptors (Lipinski definition) is 3. The molecule has 1 N–H and O–H groups in total. The van der Waals surface area contributed by atoms with Crippen LogP contribution in [-0.2, 0) is 0 Å². The lowest BCUT2D eigenvalue weighted by atomic mass is 10.3.